The molecule has 3 nitrogen and oxygen atoms in total. The molecule has 0 aliphatic carbocycles. The molecular weight excluding hydrogens is 286 g/mol. The van der Waals surface area contributed by atoms with Gasteiger partial charge in [0.15, 0.2) is 0 Å². The van der Waals surface area contributed by atoms with Gasteiger partial charge in [0.1, 0.15) is 23.9 Å². The maximum absolute atomic E-state index is 6.20. The van der Waals surface area contributed by atoms with E-state index in [0.29, 0.717) is 13.2 Å². The average Bonchev–Trinajstić information content (AvgIpc) is 2.87. The van der Waals surface area contributed by atoms with E-state index in [4.69, 9.17) is 26.5 Å². The van der Waals surface area contributed by atoms with Crippen molar-refractivity contribution in [2.75, 3.05) is 0 Å². The molecule has 1 heterocycles. The Morgan fingerprint density at radius 2 is 1.90 bits per heavy atom. The third-order valence-corrected chi connectivity index (χ3v) is 3.82. The molecule has 0 radical (unpaired) electrons. The molecule has 0 aliphatic rings. The van der Waals surface area contributed by atoms with Crippen molar-refractivity contribution < 1.29 is 9.15 Å². The summed E-state index contributed by atoms with van der Waals surface area (Å²) < 4.78 is 11.5. The first kappa shape index (κ1) is 14.0. The minimum absolute atomic E-state index is 0.368. The number of aryl methyl sites for hydroxylation is 1. The molecule has 0 bridgehead atoms. The minimum Gasteiger partial charge on any atom is -0.485 e. The quantitative estimate of drug-likeness (QED) is 0.775. The lowest BCUT2D eigenvalue weighted by molar-refractivity contribution is 0.270. The standard InChI is InChI=1S/C17H16ClNO2/c1-11-12(9-19)8-13(21-11)10-20-17-7-6-16(18)14-4-2-3-5-15(14)17/h2-8H,9-10,19H2,1H3. The van der Waals surface area contributed by atoms with Gasteiger partial charge in [-0.25, -0.2) is 0 Å². The SMILES string of the molecule is Cc1oc(COc2ccc(Cl)c3ccccc23)cc1CN. The normalized spacial score (nSPS) is 11.0. The Bertz CT molecular complexity index is 780. The molecule has 0 unspecified atom stereocenters. The van der Waals surface area contributed by atoms with Gasteiger partial charge >= 0.3 is 0 Å². The molecule has 108 valence electrons. The number of rotatable bonds is 4. The van der Waals surface area contributed by atoms with Gasteiger partial charge in [-0.15, -0.1) is 0 Å². The summed E-state index contributed by atoms with van der Waals surface area (Å²) >= 11 is 6.20. The van der Waals surface area contributed by atoms with Crippen molar-refractivity contribution in [1.29, 1.82) is 0 Å². The van der Waals surface area contributed by atoms with Gasteiger partial charge in [-0.3, -0.25) is 0 Å². The summed E-state index contributed by atoms with van der Waals surface area (Å²) in [5.41, 5.74) is 6.66. The zero-order chi connectivity index (χ0) is 14.8. The van der Waals surface area contributed by atoms with E-state index in [9.17, 15) is 0 Å². The number of ether oxygens (including phenoxy) is 1. The van der Waals surface area contributed by atoms with Gasteiger partial charge in [-0.1, -0.05) is 35.9 Å². The second-order valence-electron chi connectivity index (χ2n) is 4.88. The van der Waals surface area contributed by atoms with Crippen LogP contribution in [0.1, 0.15) is 17.1 Å². The molecule has 2 aromatic carbocycles. The van der Waals surface area contributed by atoms with Gasteiger partial charge in [0.05, 0.1) is 0 Å². The fraction of sp³-hybridized carbons (Fsp3) is 0.176. The fourth-order valence-corrected chi connectivity index (χ4v) is 2.60. The number of hydrogen-bond donors (Lipinski definition) is 1. The first-order valence-corrected chi connectivity index (χ1v) is 7.15. The van der Waals surface area contributed by atoms with E-state index in [-0.39, 0.29) is 0 Å². The van der Waals surface area contributed by atoms with Crippen LogP contribution in [0.5, 0.6) is 5.75 Å². The zero-order valence-electron chi connectivity index (χ0n) is 11.7. The highest BCUT2D eigenvalue weighted by molar-refractivity contribution is 6.35. The Hall–Kier alpha value is -1.97. The molecule has 21 heavy (non-hydrogen) atoms. The van der Waals surface area contributed by atoms with E-state index in [2.05, 4.69) is 0 Å². The Morgan fingerprint density at radius 1 is 1.14 bits per heavy atom. The third-order valence-electron chi connectivity index (χ3n) is 3.49. The van der Waals surface area contributed by atoms with Gasteiger partial charge in [-0.2, -0.15) is 0 Å². The molecule has 3 aromatic rings. The Morgan fingerprint density at radius 3 is 2.62 bits per heavy atom. The van der Waals surface area contributed by atoms with Crippen LogP contribution in [0.4, 0.5) is 0 Å². The number of furan rings is 1. The molecule has 0 atom stereocenters. The first-order valence-electron chi connectivity index (χ1n) is 6.77. The van der Waals surface area contributed by atoms with Crippen LogP contribution in [0.2, 0.25) is 5.02 Å². The van der Waals surface area contributed by atoms with Crippen LogP contribution in [0.15, 0.2) is 46.9 Å². The molecule has 0 aliphatic heterocycles. The molecule has 1 aromatic heterocycles. The Labute approximate surface area is 128 Å². The zero-order valence-corrected chi connectivity index (χ0v) is 12.5. The van der Waals surface area contributed by atoms with Crippen molar-refractivity contribution in [3.63, 3.8) is 0 Å². The van der Waals surface area contributed by atoms with Crippen molar-refractivity contribution >= 4 is 22.4 Å². The topological polar surface area (TPSA) is 48.4 Å². The monoisotopic (exact) mass is 301 g/mol. The van der Waals surface area contributed by atoms with Gasteiger partial charge < -0.3 is 14.9 Å². The first-order chi connectivity index (χ1) is 10.2. The number of fused-ring (bicyclic) bond motifs is 1. The lowest BCUT2D eigenvalue weighted by Gasteiger charge is -2.09. The maximum atomic E-state index is 6.20. The van der Waals surface area contributed by atoms with E-state index in [1.807, 2.05) is 49.4 Å². The smallest absolute Gasteiger partial charge is 0.146 e. The maximum Gasteiger partial charge on any atom is 0.146 e. The molecule has 3 rings (SSSR count). The highest BCUT2D eigenvalue weighted by Gasteiger charge is 2.09. The fourth-order valence-electron chi connectivity index (χ4n) is 2.37. The Kier molecular flexibility index (Phi) is 3.86. The van der Waals surface area contributed by atoms with Crippen LogP contribution in [-0.4, -0.2) is 0 Å². The summed E-state index contributed by atoms with van der Waals surface area (Å²) in [4.78, 5) is 0. The van der Waals surface area contributed by atoms with Crippen molar-refractivity contribution in [1.82, 2.24) is 0 Å². The molecule has 0 saturated heterocycles. The molecule has 2 N–H and O–H groups in total. The number of benzene rings is 2. The van der Waals surface area contributed by atoms with E-state index in [1.165, 1.54) is 0 Å². The van der Waals surface area contributed by atoms with Crippen LogP contribution in [0.3, 0.4) is 0 Å². The predicted molar refractivity (Wildman–Crippen MR) is 84.6 cm³/mol. The van der Waals surface area contributed by atoms with Crippen LogP contribution in [-0.2, 0) is 13.2 Å². The number of hydrogen-bond acceptors (Lipinski definition) is 3. The molecule has 0 spiro atoms. The summed E-state index contributed by atoms with van der Waals surface area (Å²) in [5, 5.41) is 2.69. The average molecular weight is 302 g/mol. The largest absolute Gasteiger partial charge is 0.485 e. The van der Waals surface area contributed by atoms with Crippen LogP contribution >= 0.6 is 11.6 Å². The van der Waals surface area contributed by atoms with Crippen LogP contribution < -0.4 is 10.5 Å². The summed E-state index contributed by atoms with van der Waals surface area (Å²) in [7, 11) is 0. The van der Waals surface area contributed by atoms with Crippen molar-refractivity contribution in [2.24, 2.45) is 5.73 Å². The second-order valence-corrected chi connectivity index (χ2v) is 5.29. The van der Waals surface area contributed by atoms with E-state index >= 15 is 0 Å². The van der Waals surface area contributed by atoms with Crippen LogP contribution in [0, 0.1) is 6.92 Å². The van der Waals surface area contributed by atoms with Crippen molar-refractivity contribution in [3.05, 3.63) is 64.6 Å². The molecular formula is C17H16ClNO2. The number of halogens is 1. The van der Waals surface area contributed by atoms with E-state index in [0.717, 1.165) is 38.6 Å². The second kappa shape index (κ2) is 5.80. The van der Waals surface area contributed by atoms with E-state index in [1.54, 1.807) is 0 Å². The summed E-state index contributed by atoms with van der Waals surface area (Å²) in [5.74, 6) is 2.40. The van der Waals surface area contributed by atoms with Gasteiger partial charge in [0.2, 0.25) is 0 Å². The molecule has 0 saturated carbocycles. The summed E-state index contributed by atoms with van der Waals surface area (Å²) in [6.45, 7) is 2.75. The molecule has 0 amide bonds. The highest BCUT2D eigenvalue weighted by Crippen LogP contribution is 2.31. The highest BCUT2D eigenvalue weighted by atomic mass is 35.5. The lowest BCUT2D eigenvalue weighted by atomic mass is 10.1. The van der Waals surface area contributed by atoms with Gasteiger partial charge in [-0.05, 0) is 25.1 Å². The van der Waals surface area contributed by atoms with Crippen molar-refractivity contribution in [2.45, 2.75) is 20.1 Å². The summed E-state index contributed by atoms with van der Waals surface area (Å²) in [6, 6.07) is 13.6. The van der Waals surface area contributed by atoms with Crippen LogP contribution in [0.25, 0.3) is 10.8 Å². The van der Waals surface area contributed by atoms with E-state index < -0.39 is 0 Å². The van der Waals surface area contributed by atoms with Crippen molar-refractivity contribution in [3.8, 4) is 5.75 Å². The molecule has 4 heteroatoms. The predicted octanol–water partition coefficient (Wildman–Crippen LogP) is 4.43. The molecule has 0 fully saturated rings. The summed E-state index contributed by atoms with van der Waals surface area (Å²) in [6.07, 6.45) is 0. The number of nitrogens with two attached hydrogens (primary N) is 1. The lowest BCUT2D eigenvalue weighted by Crippen LogP contribution is -1.96. The minimum atomic E-state index is 0.368. The van der Waals surface area contributed by atoms with Gasteiger partial charge in [0.25, 0.3) is 0 Å². The third kappa shape index (κ3) is 2.75. The van der Waals surface area contributed by atoms with Gasteiger partial charge in [0, 0.05) is 27.9 Å². The Balaban J connectivity index is 1.86.